The first kappa shape index (κ1) is 12.2. The Labute approximate surface area is 93.6 Å². The van der Waals surface area contributed by atoms with Gasteiger partial charge in [-0.1, -0.05) is 18.2 Å². The largest absolute Gasteiger partial charge is 0.203 e. The summed E-state index contributed by atoms with van der Waals surface area (Å²) in [5.74, 6) is -1.07. The Hall–Kier alpha value is -0.890. The average molecular weight is 231 g/mol. The number of halogens is 3. The van der Waals surface area contributed by atoms with Gasteiger partial charge < -0.3 is 0 Å². The molecule has 0 unspecified atom stereocenters. The summed E-state index contributed by atoms with van der Waals surface area (Å²) in [6, 6.07) is 3.17. The Balaban J connectivity index is 3.10. The minimum atomic E-state index is -0.779. The van der Waals surface area contributed by atoms with Crippen LogP contribution in [-0.4, -0.2) is 5.88 Å². The van der Waals surface area contributed by atoms with Crippen LogP contribution in [0, 0.1) is 18.6 Å². The highest BCUT2D eigenvalue weighted by Crippen LogP contribution is 2.22. The quantitative estimate of drug-likeness (QED) is 0.679. The molecule has 1 aromatic carbocycles. The Morgan fingerprint density at radius 1 is 1.33 bits per heavy atom. The SMILES string of the molecule is C/C(=C/CCCl)c1ccc(C)c(F)c1F. The number of hydrogen-bond donors (Lipinski definition) is 0. The number of aryl methyl sites for hydroxylation is 1. The maximum Gasteiger partial charge on any atom is 0.166 e. The highest BCUT2D eigenvalue weighted by atomic mass is 35.5. The van der Waals surface area contributed by atoms with E-state index in [1.54, 1.807) is 32.1 Å². The monoisotopic (exact) mass is 230 g/mol. The topological polar surface area (TPSA) is 0 Å². The molecule has 3 heteroatoms. The molecule has 0 saturated heterocycles. The lowest BCUT2D eigenvalue weighted by molar-refractivity contribution is 0.501. The Kier molecular flexibility index (Phi) is 4.28. The molecule has 0 bridgehead atoms. The zero-order valence-electron chi connectivity index (χ0n) is 8.78. The number of hydrogen-bond acceptors (Lipinski definition) is 0. The Morgan fingerprint density at radius 2 is 2.00 bits per heavy atom. The average Bonchev–Trinajstić information content (AvgIpc) is 2.23. The van der Waals surface area contributed by atoms with Crippen LogP contribution in [0.1, 0.15) is 24.5 Å². The molecule has 0 heterocycles. The lowest BCUT2D eigenvalue weighted by atomic mass is 10.0. The van der Waals surface area contributed by atoms with Gasteiger partial charge in [-0.2, -0.15) is 0 Å². The lowest BCUT2D eigenvalue weighted by Crippen LogP contribution is -1.95. The maximum atomic E-state index is 13.5. The summed E-state index contributed by atoms with van der Waals surface area (Å²) in [6.07, 6.45) is 2.46. The normalized spacial score (nSPS) is 11.9. The van der Waals surface area contributed by atoms with Crippen molar-refractivity contribution in [1.29, 1.82) is 0 Å². The second kappa shape index (κ2) is 5.26. The molecule has 0 radical (unpaired) electrons. The predicted molar refractivity (Wildman–Crippen MR) is 60.1 cm³/mol. The molecule has 0 atom stereocenters. The van der Waals surface area contributed by atoms with E-state index < -0.39 is 11.6 Å². The fraction of sp³-hybridized carbons (Fsp3) is 0.333. The molecule has 0 N–H and O–H groups in total. The molecule has 0 spiro atoms. The summed E-state index contributed by atoms with van der Waals surface area (Å²) in [5.41, 5.74) is 1.34. The molecule has 0 aliphatic carbocycles. The van der Waals surface area contributed by atoms with Gasteiger partial charge in [0.1, 0.15) is 0 Å². The van der Waals surface area contributed by atoms with Crippen LogP contribution < -0.4 is 0 Å². The van der Waals surface area contributed by atoms with Gasteiger partial charge in [0.25, 0.3) is 0 Å². The van der Waals surface area contributed by atoms with E-state index in [2.05, 4.69) is 0 Å². The predicted octanol–water partition coefficient (Wildman–Crippen LogP) is 4.31. The summed E-state index contributed by atoms with van der Waals surface area (Å²) in [5, 5.41) is 0. The molecule has 0 amide bonds. The van der Waals surface area contributed by atoms with Crippen LogP contribution in [0.5, 0.6) is 0 Å². The Morgan fingerprint density at radius 3 is 2.60 bits per heavy atom. The molecule has 82 valence electrons. The number of allylic oxidation sites excluding steroid dienone is 2. The molecule has 1 aromatic rings. The Bertz CT molecular complexity index is 383. The zero-order chi connectivity index (χ0) is 11.4. The third-order valence-corrected chi connectivity index (χ3v) is 2.48. The van der Waals surface area contributed by atoms with E-state index in [9.17, 15) is 8.78 Å². The maximum absolute atomic E-state index is 13.5. The van der Waals surface area contributed by atoms with E-state index in [1.807, 2.05) is 0 Å². The summed E-state index contributed by atoms with van der Waals surface area (Å²) >= 11 is 5.52. The van der Waals surface area contributed by atoms with Gasteiger partial charge in [-0.3, -0.25) is 0 Å². The zero-order valence-corrected chi connectivity index (χ0v) is 9.54. The fourth-order valence-electron chi connectivity index (χ4n) is 1.33. The summed E-state index contributed by atoms with van der Waals surface area (Å²) in [7, 11) is 0. The molecule has 0 fully saturated rings. The summed E-state index contributed by atoms with van der Waals surface area (Å²) in [4.78, 5) is 0. The van der Waals surface area contributed by atoms with Crippen molar-refractivity contribution in [2.24, 2.45) is 0 Å². The van der Waals surface area contributed by atoms with Crippen LogP contribution >= 0.6 is 11.6 Å². The number of rotatable bonds is 3. The minimum Gasteiger partial charge on any atom is -0.203 e. The van der Waals surface area contributed by atoms with E-state index in [-0.39, 0.29) is 0 Å². The third-order valence-electron chi connectivity index (χ3n) is 2.26. The van der Waals surface area contributed by atoms with E-state index in [1.165, 1.54) is 0 Å². The molecular formula is C12H13ClF2. The first-order valence-electron chi connectivity index (χ1n) is 4.75. The lowest BCUT2D eigenvalue weighted by Gasteiger charge is -2.06. The molecule has 0 aliphatic heterocycles. The molecule has 1 rings (SSSR count). The van der Waals surface area contributed by atoms with Crippen LogP contribution in [0.2, 0.25) is 0 Å². The van der Waals surface area contributed by atoms with Crippen LogP contribution in [0.15, 0.2) is 18.2 Å². The second-order valence-corrected chi connectivity index (χ2v) is 3.80. The van der Waals surface area contributed by atoms with E-state index in [0.717, 1.165) is 0 Å². The van der Waals surface area contributed by atoms with Gasteiger partial charge in [-0.25, -0.2) is 8.78 Å². The van der Waals surface area contributed by atoms with Gasteiger partial charge in [0.2, 0.25) is 0 Å². The van der Waals surface area contributed by atoms with Crippen LogP contribution in [0.4, 0.5) is 8.78 Å². The molecule has 0 aliphatic rings. The third kappa shape index (κ3) is 2.78. The van der Waals surface area contributed by atoms with Gasteiger partial charge in [0.15, 0.2) is 11.6 Å². The smallest absolute Gasteiger partial charge is 0.166 e. The standard InChI is InChI=1S/C12H13ClF2/c1-8(4-3-7-13)10-6-5-9(2)11(14)12(10)15/h4-6H,3,7H2,1-2H3/b8-4-. The molecule has 15 heavy (non-hydrogen) atoms. The number of benzene rings is 1. The first-order chi connectivity index (χ1) is 7.07. The van der Waals surface area contributed by atoms with Crippen LogP contribution in [-0.2, 0) is 0 Å². The van der Waals surface area contributed by atoms with Crippen molar-refractivity contribution < 1.29 is 8.78 Å². The highest BCUT2D eigenvalue weighted by molar-refractivity contribution is 6.17. The molecular weight excluding hydrogens is 218 g/mol. The van der Waals surface area contributed by atoms with Crippen molar-refractivity contribution in [1.82, 2.24) is 0 Å². The molecule has 0 aromatic heterocycles. The van der Waals surface area contributed by atoms with Gasteiger partial charge in [-0.15, -0.1) is 11.6 Å². The summed E-state index contributed by atoms with van der Waals surface area (Å²) in [6.45, 7) is 3.29. The minimum absolute atomic E-state index is 0.309. The highest BCUT2D eigenvalue weighted by Gasteiger charge is 2.11. The van der Waals surface area contributed by atoms with Gasteiger partial charge in [0, 0.05) is 11.4 Å². The number of alkyl halides is 1. The van der Waals surface area contributed by atoms with Crippen molar-refractivity contribution in [3.05, 3.63) is 41.0 Å². The van der Waals surface area contributed by atoms with E-state index >= 15 is 0 Å². The van der Waals surface area contributed by atoms with E-state index in [4.69, 9.17) is 11.6 Å². The first-order valence-corrected chi connectivity index (χ1v) is 5.29. The van der Waals surface area contributed by atoms with Crippen molar-refractivity contribution in [2.45, 2.75) is 20.3 Å². The van der Waals surface area contributed by atoms with Crippen molar-refractivity contribution in [3.63, 3.8) is 0 Å². The van der Waals surface area contributed by atoms with Gasteiger partial charge >= 0.3 is 0 Å². The summed E-state index contributed by atoms with van der Waals surface area (Å²) < 4.78 is 26.7. The molecule has 0 nitrogen and oxygen atoms in total. The van der Waals surface area contributed by atoms with Crippen LogP contribution in [0.3, 0.4) is 0 Å². The van der Waals surface area contributed by atoms with Crippen LogP contribution in [0.25, 0.3) is 5.57 Å². The molecule has 0 saturated carbocycles. The van der Waals surface area contributed by atoms with Gasteiger partial charge in [-0.05, 0) is 31.4 Å². The fourth-order valence-corrected chi connectivity index (χ4v) is 1.44. The van der Waals surface area contributed by atoms with Crippen molar-refractivity contribution in [3.8, 4) is 0 Å². The second-order valence-electron chi connectivity index (χ2n) is 3.42. The van der Waals surface area contributed by atoms with Crippen molar-refractivity contribution in [2.75, 3.05) is 5.88 Å². The van der Waals surface area contributed by atoms with E-state index in [0.29, 0.717) is 29.0 Å². The van der Waals surface area contributed by atoms with Gasteiger partial charge in [0.05, 0.1) is 0 Å². The van der Waals surface area contributed by atoms with Crippen molar-refractivity contribution >= 4 is 17.2 Å².